The van der Waals surface area contributed by atoms with Gasteiger partial charge >= 0.3 is 0 Å². The number of benzene rings is 3. The fraction of sp³-hybridized carbons (Fsp3) is 0.167. The Morgan fingerprint density at radius 1 is 0.933 bits per heavy atom. The summed E-state index contributed by atoms with van der Waals surface area (Å²) in [7, 11) is 0. The zero-order valence-corrected chi connectivity index (χ0v) is 16.4. The van der Waals surface area contributed by atoms with Gasteiger partial charge in [0.25, 0.3) is 5.91 Å². The van der Waals surface area contributed by atoms with Gasteiger partial charge in [-0.1, -0.05) is 35.5 Å². The van der Waals surface area contributed by atoms with Crippen LogP contribution in [0.25, 0.3) is 22.2 Å². The van der Waals surface area contributed by atoms with E-state index in [1.54, 1.807) is 6.07 Å². The number of nitrogens with zero attached hydrogens (tertiary/aromatic N) is 2. The Labute approximate surface area is 174 Å². The van der Waals surface area contributed by atoms with Crippen molar-refractivity contribution >= 4 is 28.2 Å². The van der Waals surface area contributed by atoms with Crippen LogP contribution in [-0.4, -0.2) is 37.4 Å². The molecular weight excluding hydrogens is 378 g/mol. The van der Waals surface area contributed by atoms with Gasteiger partial charge in [0.15, 0.2) is 5.76 Å². The molecule has 0 aliphatic carbocycles. The minimum Gasteiger partial charge on any atom is -0.378 e. The van der Waals surface area contributed by atoms with Gasteiger partial charge in [0.1, 0.15) is 5.52 Å². The standard InChI is InChI=1S/C24H21N3O3/c28-24(25-19-7-9-20(10-8-19)27-12-14-29-15-13-27)18-6-11-22-21(16-18)23(30-26-22)17-4-2-1-3-5-17/h1-11,16H,12-15H2,(H,25,28). The lowest BCUT2D eigenvalue weighted by molar-refractivity contribution is 0.102. The third-order valence-corrected chi connectivity index (χ3v) is 5.28. The van der Waals surface area contributed by atoms with Crippen molar-refractivity contribution in [3.8, 4) is 11.3 Å². The molecule has 0 atom stereocenters. The molecule has 1 aliphatic rings. The number of morpholine rings is 1. The third-order valence-electron chi connectivity index (χ3n) is 5.28. The first-order chi connectivity index (χ1) is 14.8. The summed E-state index contributed by atoms with van der Waals surface area (Å²) in [5.41, 5.74) is 4.09. The van der Waals surface area contributed by atoms with Gasteiger partial charge in [0, 0.05) is 35.6 Å². The van der Waals surface area contributed by atoms with Crippen molar-refractivity contribution in [2.24, 2.45) is 0 Å². The second-order valence-corrected chi connectivity index (χ2v) is 7.21. The lowest BCUT2D eigenvalue weighted by Gasteiger charge is -2.28. The smallest absolute Gasteiger partial charge is 0.255 e. The molecule has 6 heteroatoms. The summed E-state index contributed by atoms with van der Waals surface area (Å²) >= 11 is 0. The van der Waals surface area contributed by atoms with E-state index in [0.717, 1.165) is 54.1 Å². The maximum Gasteiger partial charge on any atom is 0.255 e. The highest BCUT2D eigenvalue weighted by Gasteiger charge is 2.15. The predicted molar refractivity (Wildman–Crippen MR) is 117 cm³/mol. The van der Waals surface area contributed by atoms with Crippen molar-refractivity contribution in [3.05, 3.63) is 78.4 Å². The topological polar surface area (TPSA) is 67.6 Å². The lowest BCUT2D eigenvalue weighted by Crippen LogP contribution is -2.36. The first kappa shape index (κ1) is 18.4. The minimum atomic E-state index is -0.170. The highest BCUT2D eigenvalue weighted by molar-refractivity contribution is 6.07. The molecule has 0 spiro atoms. The molecule has 1 amide bonds. The van der Waals surface area contributed by atoms with Crippen molar-refractivity contribution in [1.82, 2.24) is 5.16 Å². The Morgan fingerprint density at radius 2 is 1.70 bits per heavy atom. The number of nitrogens with one attached hydrogen (secondary N) is 1. The molecule has 0 saturated carbocycles. The van der Waals surface area contributed by atoms with Gasteiger partial charge in [0.05, 0.1) is 18.6 Å². The van der Waals surface area contributed by atoms with Crippen LogP contribution < -0.4 is 10.2 Å². The lowest BCUT2D eigenvalue weighted by atomic mass is 10.1. The van der Waals surface area contributed by atoms with Gasteiger partial charge in [-0.25, -0.2) is 0 Å². The molecule has 1 saturated heterocycles. The van der Waals surface area contributed by atoms with Crippen molar-refractivity contribution in [2.45, 2.75) is 0 Å². The molecule has 1 fully saturated rings. The molecule has 2 heterocycles. The van der Waals surface area contributed by atoms with Crippen LogP contribution in [0.1, 0.15) is 10.4 Å². The van der Waals surface area contributed by atoms with Crippen molar-refractivity contribution < 1.29 is 14.1 Å². The average molecular weight is 399 g/mol. The van der Waals surface area contributed by atoms with Crippen LogP contribution in [0.15, 0.2) is 77.3 Å². The Bertz CT molecular complexity index is 1160. The highest BCUT2D eigenvalue weighted by atomic mass is 16.5. The average Bonchev–Trinajstić information content (AvgIpc) is 3.24. The molecule has 4 aromatic rings. The van der Waals surface area contributed by atoms with E-state index in [1.807, 2.05) is 66.7 Å². The van der Waals surface area contributed by atoms with Crippen LogP contribution >= 0.6 is 0 Å². The van der Waals surface area contributed by atoms with Crippen LogP contribution in [0.2, 0.25) is 0 Å². The zero-order valence-electron chi connectivity index (χ0n) is 16.4. The Balaban J connectivity index is 1.36. The quantitative estimate of drug-likeness (QED) is 0.544. The minimum absolute atomic E-state index is 0.170. The van der Waals surface area contributed by atoms with E-state index in [2.05, 4.69) is 15.4 Å². The molecule has 3 aromatic carbocycles. The Hall–Kier alpha value is -3.64. The number of anilines is 2. The number of carbonyl (C=O) groups excluding carboxylic acids is 1. The predicted octanol–water partition coefficient (Wildman–Crippen LogP) is 4.58. The molecular formula is C24H21N3O3. The fourth-order valence-electron chi connectivity index (χ4n) is 3.66. The number of rotatable bonds is 4. The number of hydrogen-bond donors (Lipinski definition) is 1. The van der Waals surface area contributed by atoms with Crippen molar-refractivity contribution in [1.29, 1.82) is 0 Å². The summed E-state index contributed by atoms with van der Waals surface area (Å²) in [6.45, 7) is 3.26. The van der Waals surface area contributed by atoms with E-state index in [4.69, 9.17) is 9.26 Å². The monoisotopic (exact) mass is 399 g/mol. The number of aromatic nitrogens is 1. The molecule has 1 aromatic heterocycles. The second kappa shape index (κ2) is 8.00. The largest absolute Gasteiger partial charge is 0.378 e. The summed E-state index contributed by atoms with van der Waals surface area (Å²) in [5.74, 6) is 0.492. The van der Waals surface area contributed by atoms with Crippen LogP contribution in [0, 0.1) is 0 Å². The van der Waals surface area contributed by atoms with Gasteiger partial charge < -0.3 is 19.5 Å². The summed E-state index contributed by atoms with van der Waals surface area (Å²) in [4.78, 5) is 15.1. The van der Waals surface area contributed by atoms with Crippen LogP contribution in [-0.2, 0) is 4.74 Å². The van der Waals surface area contributed by atoms with Gasteiger partial charge in [-0.15, -0.1) is 0 Å². The number of hydrogen-bond acceptors (Lipinski definition) is 5. The molecule has 5 rings (SSSR count). The molecule has 0 unspecified atom stereocenters. The molecule has 150 valence electrons. The second-order valence-electron chi connectivity index (χ2n) is 7.21. The first-order valence-corrected chi connectivity index (χ1v) is 9.97. The van der Waals surface area contributed by atoms with E-state index >= 15 is 0 Å². The summed E-state index contributed by atoms with van der Waals surface area (Å²) in [6.07, 6.45) is 0. The van der Waals surface area contributed by atoms with Crippen LogP contribution in [0.4, 0.5) is 11.4 Å². The van der Waals surface area contributed by atoms with Gasteiger partial charge in [-0.05, 0) is 42.5 Å². The van der Waals surface area contributed by atoms with E-state index in [0.29, 0.717) is 11.3 Å². The van der Waals surface area contributed by atoms with E-state index in [9.17, 15) is 4.79 Å². The molecule has 1 N–H and O–H groups in total. The zero-order chi connectivity index (χ0) is 20.3. The van der Waals surface area contributed by atoms with Crippen LogP contribution in [0.3, 0.4) is 0 Å². The van der Waals surface area contributed by atoms with E-state index in [-0.39, 0.29) is 5.91 Å². The number of fused-ring (bicyclic) bond motifs is 1. The third kappa shape index (κ3) is 3.65. The van der Waals surface area contributed by atoms with Crippen molar-refractivity contribution in [2.75, 3.05) is 36.5 Å². The Morgan fingerprint density at radius 3 is 2.47 bits per heavy atom. The first-order valence-electron chi connectivity index (χ1n) is 9.97. The van der Waals surface area contributed by atoms with E-state index < -0.39 is 0 Å². The van der Waals surface area contributed by atoms with Gasteiger partial charge in [0.2, 0.25) is 0 Å². The summed E-state index contributed by atoms with van der Waals surface area (Å²) in [5, 5.41) is 7.90. The molecule has 0 radical (unpaired) electrons. The van der Waals surface area contributed by atoms with Gasteiger partial charge in [-0.2, -0.15) is 0 Å². The van der Waals surface area contributed by atoms with E-state index in [1.165, 1.54) is 0 Å². The molecule has 0 bridgehead atoms. The maximum atomic E-state index is 12.8. The molecule has 1 aliphatic heterocycles. The summed E-state index contributed by atoms with van der Waals surface area (Å²) < 4.78 is 10.9. The molecule has 6 nitrogen and oxygen atoms in total. The highest BCUT2D eigenvalue weighted by Crippen LogP contribution is 2.29. The van der Waals surface area contributed by atoms with Crippen LogP contribution in [0.5, 0.6) is 0 Å². The fourth-order valence-corrected chi connectivity index (χ4v) is 3.66. The summed E-state index contributed by atoms with van der Waals surface area (Å²) in [6, 6.07) is 23.1. The van der Waals surface area contributed by atoms with Gasteiger partial charge in [-0.3, -0.25) is 4.79 Å². The number of carbonyl (C=O) groups is 1. The molecule has 30 heavy (non-hydrogen) atoms. The Kier molecular flexibility index (Phi) is 4.91. The number of ether oxygens (including phenoxy) is 1. The number of amides is 1. The maximum absolute atomic E-state index is 12.8. The SMILES string of the molecule is O=C(Nc1ccc(N2CCOCC2)cc1)c1ccc2noc(-c3ccccc3)c2c1. The normalized spacial score (nSPS) is 14.1. The van der Waals surface area contributed by atoms with Crippen molar-refractivity contribution in [3.63, 3.8) is 0 Å².